The maximum Gasteiger partial charge on any atom is 0.0628 e. The molecule has 0 spiro atoms. The van der Waals surface area contributed by atoms with E-state index in [1.807, 2.05) is 6.07 Å². The van der Waals surface area contributed by atoms with Crippen LogP contribution in [0.2, 0.25) is 0 Å². The van der Waals surface area contributed by atoms with Crippen molar-refractivity contribution in [1.29, 1.82) is 5.26 Å². The fourth-order valence-corrected chi connectivity index (χ4v) is 0.340. The van der Waals surface area contributed by atoms with E-state index in [9.17, 15) is 0 Å². The van der Waals surface area contributed by atoms with Gasteiger partial charge in [-0.05, 0) is 0 Å². The number of aliphatic hydroxyl groups is 1. The Labute approximate surface area is 49.1 Å². The lowest BCUT2D eigenvalue weighted by atomic mass is 10.1. The second kappa shape index (κ2) is 4.35. The molecule has 8 heavy (non-hydrogen) atoms. The van der Waals surface area contributed by atoms with E-state index in [2.05, 4.69) is 6.58 Å². The van der Waals surface area contributed by atoms with Crippen molar-refractivity contribution >= 4 is 0 Å². The molecular weight excluding hydrogens is 102 g/mol. The van der Waals surface area contributed by atoms with E-state index in [4.69, 9.17) is 10.4 Å². The van der Waals surface area contributed by atoms with Crippen molar-refractivity contribution in [1.82, 2.24) is 0 Å². The number of rotatable bonds is 3. The molecule has 1 atom stereocenters. The summed E-state index contributed by atoms with van der Waals surface area (Å²) in [5.74, 6) is -0.0417. The van der Waals surface area contributed by atoms with Crippen LogP contribution in [0.4, 0.5) is 0 Å². The summed E-state index contributed by atoms with van der Waals surface area (Å²) in [5, 5.41) is 16.5. The van der Waals surface area contributed by atoms with Gasteiger partial charge in [-0.2, -0.15) is 5.26 Å². The molecule has 0 rings (SSSR count). The SMILES string of the molecule is C=CC(CO)CC#N. The van der Waals surface area contributed by atoms with Crippen molar-refractivity contribution < 1.29 is 5.11 Å². The minimum Gasteiger partial charge on any atom is -0.396 e. The molecule has 0 amide bonds. The van der Waals surface area contributed by atoms with Crippen LogP contribution >= 0.6 is 0 Å². The predicted octanol–water partition coefficient (Wildman–Crippen LogP) is 0.695. The van der Waals surface area contributed by atoms with Gasteiger partial charge in [-0.3, -0.25) is 0 Å². The summed E-state index contributed by atoms with van der Waals surface area (Å²) >= 11 is 0. The highest BCUT2D eigenvalue weighted by molar-refractivity contribution is 4.86. The lowest BCUT2D eigenvalue weighted by Crippen LogP contribution is -1.99. The predicted molar refractivity (Wildman–Crippen MR) is 31.0 cm³/mol. The monoisotopic (exact) mass is 111 g/mol. The first kappa shape index (κ1) is 7.19. The first-order chi connectivity index (χ1) is 3.85. The molecule has 0 aliphatic heterocycles. The van der Waals surface area contributed by atoms with Crippen LogP contribution in [0.3, 0.4) is 0 Å². The number of nitrogens with zero attached hydrogens (tertiary/aromatic N) is 1. The molecule has 1 unspecified atom stereocenters. The number of aliphatic hydroxyl groups excluding tert-OH is 1. The Kier molecular flexibility index (Phi) is 3.91. The lowest BCUT2D eigenvalue weighted by molar-refractivity contribution is 0.255. The van der Waals surface area contributed by atoms with E-state index in [1.165, 1.54) is 0 Å². The third-order valence-electron chi connectivity index (χ3n) is 0.921. The Balaban J connectivity index is 3.40. The van der Waals surface area contributed by atoms with Gasteiger partial charge in [-0.25, -0.2) is 0 Å². The first-order valence-electron chi connectivity index (χ1n) is 2.45. The van der Waals surface area contributed by atoms with Crippen molar-refractivity contribution in [3.63, 3.8) is 0 Å². The second-order valence-electron chi connectivity index (χ2n) is 1.54. The molecule has 0 aliphatic carbocycles. The zero-order chi connectivity index (χ0) is 6.41. The lowest BCUT2D eigenvalue weighted by Gasteiger charge is -1.98. The largest absolute Gasteiger partial charge is 0.396 e. The summed E-state index contributed by atoms with van der Waals surface area (Å²) < 4.78 is 0. The van der Waals surface area contributed by atoms with Crippen LogP contribution in [0.5, 0.6) is 0 Å². The summed E-state index contributed by atoms with van der Waals surface area (Å²) in [6, 6.07) is 1.94. The van der Waals surface area contributed by atoms with E-state index in [0.717, 1.165) is 0 Å². The van der Waals surface area contributed by atoms with Gasteiger partial charge in [0.05, 0.1) is 12.7 Å². The summed E-state index contributed by atoms with van der Waals surface area (Å²) in [6.45, 7) is 3.46. The normalized spacial score (nSPS) is 12.0. The van der Waals surface area contributed by atoms with Gasteiger partial charge in [0.1, 0.15) is 0 Å². The van der Waals surface area contributed by atoms with Crippen molar-refractivity contribution in [2.45, 2.75) is 6.42 Å². The van der Waals surface area contributed by atoms with Crippen LogP contribution in [0.25, 0.3) is 0 Å². The molecule has 0 aromatic heterocycles. The van der Waals surface area contributed by atoms with E-state index < -0.39 is 0 Å². The van der Waals surface area contributed by atoms with Crippen LogP contribution < -0.4 is 0 Å². The zero-order valence-electron chi connectivity index (χ0n) is 4.67. The van der Waals surface area contributed by atoms with Gasteiger partial charge in [-0.1, -0.05) is 6.08 Å². The van der Waals surface area contributed by atoms with Gasteiger partial charge in [-0.15, -0.1) is 6.58 Å². The van der Waals surface area contributed by atoms with E-state index in [1.54, 1.807) is 6.08 Å². The van der Waals surface area contributed by atoms with Crippen LogP contribution in [0.15, 0.2) is 12.7 Å². The Morgan fingerprint density at radius 1 is 1.88 bits per heavy atom. The number of nitriles is 1. The fraction of sp³-hybridized carbons (Fsp3) is 0.500. The summed E-state index contributed by atoms with van der Waals surface area (Å²) in [7, 11) is 0. The number of hydrogen-bond acceptors (Lipinski definition) is 2. The Morgan fingerprint density at radius 3 is 2.62 bits per heavy atom. The van der Waals surface area contributed by atoms with Crippen molar-refractivity contribution in [2.75, 3.05) is 6.61 Å². The molecule has 44 valence electrons. The van der Waals surface area contributed by atoms with E-state index >= 15 is 0 Å². The molecule has 0 heterocycles. The summed E-state index contributed by atoms with van der Waals surface area (Å²) in [6.07, 6.45) is 1.95. The molecule has 0 radical (unpaired) electrons. The second-order valence-corrected chi connectivity index (χ2v) is 1.54. The summed E-state index contributed by atoms with van der Waals surface area (Å²) in [5.41, 5.74) is 0. The minimum atomic E-state index is -0.0417. The molecule has 2 nitrogen and oxygen atoms in total. The topological polar surface area (TPSA) is 44.0 Å². The molecule has 0 aliphatic rings. The average molecular weight is 111 g/mol. The Morgan fingerprint density at radius 2 is 2.50 bits per heavy atom. The number of hydrogen-bond donors (Lipinski definition) is 1. The highest BCUT2D eigenvalue weighted by Gasteiger charge is 1.97. The smallest absolute Gasteiger partial charge is 0.0628 e. The van der Waals surface area contributed by atoms with E-state index in [0.29, 0.717) is 6.42 Å². The molecule has 0 aromatic carbocycles. The van der Waals surface area contributed by atoms with Gasteiger partial charge in [0, 0.05) is 12.3 Å². The quantitative estimate of drug-likeness (QED) is 0.544. The highest BCUT2D eigenvalue weighted by Crippen LogP contribution is 1.99. The standard InChI is InChI=1S/C6H9NO/c1-2-6(5-8)3-4-7/h2,6,8H,1,3,5H2. The van der Waals surface area contributed by atoms with Gasteiger partial charge in [0.2, 0.25) is 0 Å². The van der Waals surface area contributed by atoms with Gasteiger partial charge in [0.15, 0.2) is 0 Å². The molecule has 0 saturated heterocycles. The van der Waals surface area contributed by atoms with Crippen molar-refractivity contribution in [3.8, 4) is 6.07 Å². The van der Waals surface area contributed by atoms with Gasteiger partial charge in [0.25, 0.3) is 0 Å². The maximum atomic E-state index is 8.43. The van der Waals surface area contributed by atoms with Crippen LogP contribution in [-0.2, 0) is 0 Å². The van der Waals surface area contributed by atoms with Crippen molar-refractivity contribution in [2.24, 2.45) is 5.92 Å². The minimum absolute atomic E-state index is 0.0249. The van der Waals surface area contributed by atoms with Gasteiger partial charge < -0.3 is 5.11 Å². The van der Waals surface area contributed by atoms with Crippen molar-refractivity contribution in [3.05, 3.63) is 12.7 Å². The molecule has 0 aromatic rings. The molecule has 0 bridgehead atoms. The third kappa shape index (κ3) is 2.38. The maximum absolute atomic E-state index is 8.43. The molecule has 1 N–H and O–H groups in total. The zero-order valence-corrected chi connectivity index (χ0v) is 4.67. The first-order valence-corrected chi connectivity index (χ1v) is 2.45. The van der Waals surface area contributed by atoms with E-state index in [-0.39, 0.29) is 12.5 Å². The third-order valence-corrected chi connectivity index (χ3v) is 0.921. The van der Waals surface area contributed by atoms with Crippen LogP contribution in [0, 0.1) is 17.2 Å². The molecule has 0 saturated carbocycles. The molecule has 2 heteroatoms. The van der Waals surface area contributed by atoms with Crippen LogP contribution in [0.1, 0.15) is 6.42 Å². The molecule has 0 fully saturated rings. The highest BCUT2D eigenvalue weighted by atomic mass is 16.3. The van der Waals surface area contributed by atoms with Crippen LogP contribution in [-0.4, -0.2) is 11.7 Å². The Hall–Kier alpha value is -0.810. The van der Waals surface area contributed by atoms with Gasteiger partial charge >= 0.3 is 0 Å². The summed E-state index contributed by atoms with van der Waals surface area (Å²) in [4.78, 5) is 0. The average Bonchev–Trinajstić information content (AvgIpc) is 1.83. The fourth-order valence-electron chi connectivity index (χ4n) is 0.340. The Bertz CT molecular complexity index is 104. The molecular formula is C6H9NO.